The molecule has 1 aliphatic carbocycles. The molecule has 3 N–H and O–H groups in total. The van der Waals surface area contributed by atoms with Gasteiger partial charge in [-0.25, -0.2) is 9.97 Å². The van der Waals surface area contributed by atoms with E-state index in [1.54, 1.807) is 32.2 Å². The number of halogens is 1. The second kappa shape index (κ2) is 11.6. The maximum Gasteiger partial charge on any atom is 0.163 e. The Kier molecular flexibility index (Phi) is 8.65. The van der Waals surface area contributed by atoms with Crippen LogP contribution < -0.4 is 15.4 Å². The van der Waals surface area contributed by atoms with Crippen molar-refractivity contribution in [3.05, 3.63) is 40.2 Å². The number of nitrogens with zero attached hydrogens (tertiary/aromatic N) is 3. The number of aliphatic hydroxyl groups is 1. The molecular weight excluding hydrogens is 504 g/mol. The Hall–Kier alpha value is -2.68. The van der Waals surface area contributed by atoms with Gasteiger partial charge in [-0.15, -0.1) is 0 Å². The molecule has 1 aliphatic heterocycles. The van der Waals surface area contributed by atoms with Crippen molar-refractivity contribution in [3.63, 3.8) is 0 Å². The van der Waals surface area contributed by atoms with Crippen LogP contribution in [0.15, 0.2) is 23.9 Å². The van der Waals surface area contributed by atoms with Gasteiger partial charge in [0.15, 0.2) is 11.6 Å². The predicted molar refractivity (Wildman–Crippen MR) is 150 cm³/mol. The molecule has 2 aliphatic rings. The molecule has 1 unspecified atom stereocenters. The summed E-state index contributed by atoms with van der Waals surface area (Å²) in [4.78, 5) is 24.7. The van der Waals surface area contributed by atoms with Crippen molar-refractivity contribution in [3.8, 4) is 17.1 Å². The van der Waals surface area contributed by atoms with Gasteiger partial charge in [0.05, 0.1) is 28.5 Å². The number of allylic oxidation sites excluding steroid dienone is 2. The molecule has 2 fully saturated rings. The summed E-state index contributed by atoms with van der Waals surface area (Å²) >= 11 is 6.63. The Labute approximate surface area is 230 Å². The highest BCUT2D eigenvalue weighted by Crippen LogP contribution is 2.48. The maximum atomic E-state index is 12.7. The Bertz CT molecular complexity index is 1220. The molecule has 1 aromatic heterocycles. The molecule has 0 amide bonds. The number of aliphatic hydroxyl groups excluding tert-OH is 1. The average molecular weight is 543 g/mol. The molecule has 2 heterocycles. The Balaban J connectivity index is 1.74. The molecule has 1 aromatic carbocycles. The van der Waals surface area contributed by atoms with Crippen molar-refractivity contribution in [2.75, 3.05) is 31.7 Å². The minimum absolute atomic E-state index is 0.157. The lowest BCUT2D eigenvalue weighted by Crippen LogP contribution is -2.56. The number of Topliss-reactive ketones (excluding diaryl/α,β-unsaturated/α-hetero) is 1. The van der Waals surface area contributed by atoms with Gasteiger partial charge in [-0.05, 0) is 64.7 Å². The Morgan fingerprint density at radius 1 is 1.32 bits per heavy atom. The largest absolute Gasteiger partial charge is 0.491 e. The number of rotatable bonds is 10. The minimum Gasteiger partial charge on any atom is -0.491 e. The zero-order chi connectivity index (χ0) is 27.6. The highest BCUT2D eigenvalue weighted by Gasteiger charge is 2.49. The molecule has 1 spiro atoms. The van der Waals surface area contributed by atoms with Crippen molar-refractivity contribution in [1.82, 2.24) is 9.97 Å². The second-order valence-corrected chi connectivity index (χ2v) is 11.2. The maximum absolute atomic E-state index is 12.7. The summed E-state index contributed by atoms with van der Waals surface area (Å²) in [6.07, 6.45) is 4.53. The van der Waals surface area contributed by atoms with E-state index in [-0.39, 0.29) is 17.8 Å². The summed E-state index contributed by atoms with van der Waals surface area (Å²) in [6.45, 7) is 9.09. The fourth-order valence-electron chi connectivity index (χ4n) is 5.74. The van der Waals surface area contributed by atoms with Crippen molar-refractivity contribution >= 4 is 28.8 Å². The molecule has 8 nitrogen and oxygen atoms in total. The van der Waals surface area contributed by atoms with Crippen LogP contribution in [0.3, 0.4) is 0 Å². The van der Waals surface area contributed by atoms with Crippen LogP contribution in [0.5, 0.6) is 5.75 Å². The first-order valence-electron chi connectivity index (χ1n) is 13.3. The van der Waals surface area contributed by atoms with Crippen molar-refractivity contribution in [1.29, 1.82) is 0 Å². The lowest BCUT2D eigenvalue weighted by atomic mass is 9.78. The van der Waals surface area contributed by atoms with E-state index in [4.69, 9.17) is 36.8 Å². The number of ketones is 1. The van der Waals surface area contributed by atoms with E-state index in [0.29, 0.717) is 51.6 Å². The van der Waals surface area contributed by atoms with Crippen LogP contribution in [0.1, 0.15) is 64.1 Å². The normalized spacial score (nSPS) is 19.8. The fraction of sp³-hybridized carbons (Fsp3) is 0.552. The number of anilines is 1. The number of nitrogens with two attached hydrogens (primary N) is 1. The zero-order valence-corrected chi connectivity index (χ0v) is 23.8. The Morgan fingerprint density at radius 2 is 2.05 bits per heavy atom. The van der Waals surface area contributed by atoms with Crippen LogP contribution >= 0.6 is 11.6 Å². The van der Waals surface area contributed by atoms with E-state index >= 15 is 0 Å². The SMILES string of the molecule is CCC[C@@H](O)COc1ccc(Cl)c(-c2nc(C(C(C)=O)=C(C)N)c(C)c(N3CC4(CCC(OC)C4)C3)n2)c1. The first kappa shape index (κ1) is 28.3. The van der Waals surface area contributed by atoms with E-state index in [1.165, 1.54) is 6.92 Å². The first-order chi connectivity index (χ1) is 18.1. The molecule has 2 atom stereocenters. The molecule has 0 radical (unpaired) electrons. The van der Waals surface area contributed by atoms with E-state index in [0.717, 1.165) is 50.2 Å². The van der Waals surface area contributed by atoms with E-state index < -0.39 is 6.10 Å². The van der Waals surface area contributed by atoms with Crippen molar-refractivity contribution < 1.29 is 19.4 Å². The van der Waals surface area contributed by atoms with Gasteiger partial charge in [-0.2, -0.15) is 0 Å². The van der Waals surface area contributed by atoms with Gasteiger partial charge in [0.1, 0.15) is 18.2 Å². The minimum atomic E-state index is -0.546. The monoisotopic (exact) mass is 542 g/mol. The number of ether oxygens (including phenoxy) is 2. The third-order valence-corrected chi connectivity index (χ3v) is 8.02. The van der Waals surface area contributed by atoms with Gasteiger partial charge in [-0.3, -0.25) is 4.79 Å². The number of aromatic nitrogens is 2. The molecule has 206 valence electrons. The third kappa shape index (κ3) is 5.82. The summed E-state index contributed by atoms with van der Waals surface area (Å²) in [5.74, 6) is 1.57. The average Bonchev–Trinajstić information content (AvgIpc) is 3.29. The number of carbonyl (C=O) groups excluding carboxylic acids is 1. The smallest absolute Gasteiger partial charge is 0.163 e. The molecule has 38 heavy (non-hydrogen) atoms. The van der Waals surface area contributed by atoms with Crippen LogP contribution in [-0.4, -0.2) is 59.9 Å². The number of methoxy groups -OCH3 is 1. The van der Waals surface area contributed by atoms with Crippen molar-refractivity contribution in [2.24, 2.45) is 11.1 Å². The summed E-state index contributed by atoms with van der Waals surface area (Å²) in [5, 5.41) is 10.6. The lowest BCUT2D eigenvalue weighted by Gasteiger charge is -2.49. The number of benzene rings is 1. The summed E-state index contributed by atoms with van der Waals surface area (Å²) in [7, 11) is 1.78. The number of carbonyl (C=O) groups is 1. The van der Waals surface area contributed by atoms with Gasteiger partial charge in [0.25, 0.3) is 0 Å². The van der Waals surface area contributed by atoms with Gasteiger partial charge in [0, 0.05) is 42.4 Å². The van der Waals surface area contributed by atoms with Crippen molar-refractivity contribution in [2.45, 2.75) is 72.0 Å². The van der Waals surface area contributed by atoms with Crippen LogP contribution in [0.25, 0.3) is 17.0 Å². The second-order valence-electron chi connectivity index (χ2n) is 10.8. The highest BCUT2D eigenvalue weighted by atomic mass is 35.5. The zero-order valence-electron chi connectivity index (χ0n) is 23.0. The van der Waals surface area contributed by atoms with Crippen LogP contribution in [-0.2, 0) is 9.53 Å². The predicted octanol–water partition coefficient (Wildman–Crippen LogP) is 4.93. The Morgan fingerprint density at radius 3 is 2.66 bits per heavy atom. The molecule has 9 heteroatoms. The molecule has 4 rings (SSSR count). The first-order valence-corrected chi connectivity index (χ1v) is 13.7. The van der Waals surface area contributed by atoms with E-state index in [9.17, 15) is 9.90 Å². The molecule has 1 saturated heterocycles. The van der Waals surface area contributed by atoms with Gasteiger partial charge >= 0.3 is 0 Å². The molecule has 1 saturated carbocycles. The highest BCUT2D eigenvalue weighted by molar-refractivity contribution is 6.33. The summed E-state index contributed by atoms with van der Waals surface area (Å²) < 4.78 is 11.5. The summed E-state index contributed by atoms with van der Waals surface area (Å²) in [6, 6.07) is 5.28. The number of hydrogen-bond acceptors (Lipinski definition) is 8. The van der Waals surface area contributed by atoms with Gasteiger partial charge < -0.3 is 25.2 Å². The van der Waals surface area contributed by atoms with Crippen LogP contribution in [0, 0.1) is 12.3 Å². The van der Waals surface area contributed by atoms with Gasteiger partial charge in [0.2, 0.25) is 0 Å². The van der Waals surface area contributed by atoms with E-state index in [1.807, 2.05) is 13.8 Å². The standard InChI is InChI=1S/C29H39ClN4O4/c1-6-7-20(36)14-38-21-8-9-24(30)23(12-21)27-32-26(25(18(3)31)19(4)35)17(2)28(33-27)34-15-29(16-34)11-10-22(13-29)37-5/h8-9,12,20,22,36H,6-7,10-11,13-16,31H2,1-5H3/t20-,22?/m1/s1. The molecular formula is C29H39ClN4O4. The van der Waals surface area contributed by atoms with Crippen LogP contribution in [0.4, 0.5) is 5.82 Å². The number of hydrogen-bond donors (Lipinski definition) is 2. The van der Waals surface area contributed by atoms with E-state index in [2.05, 4.69) is 4.90 Å². The fourth-order valence-corrected chi connectivity index (χ4v) is 5.94. The topological polar surface area (TPSA) is 111 Å². The quantitative estimate of drug-likeness (QED) is 0.407. The molecule has 0 bridgehead atoms. The van der Waals surface area contributed by atoms with Crippen LogP contribution in [0.2, 0.25) is 5.02 Å². The third-order valence-electron chi connectivity index (χ3n) is 7.69. The molecule has 2 aromatic rings. The summed E-state index contributed by atoms with van der Waals surface area (Å²) in [5.41, 5.74) is 9.10. The van der Waals surface area contributed by atoms with Gasteiger partial charge in [-0.1, -0.05) is 24.9 Å². The lowest BCUT2D eigenvalue weighted by molar-refractivity contribution is -0.111.